The van der Waals surface area contributed by atoms with Crippen molar-refractivity contribution in [2.24, 2.45) is 5.92 Å². The maximum Gasteiger partial charge on any atom is 0.230 e. The number of halogens is 1. The van der Waals surface area contributed by atoms with Crippen molar-refractivity contribution in [3.63, 3.8) is 0 Å². The summed E-state index contributed by atoms with van der Waals surface area (Å²) in [5.41, 5.74) is 1.63. The van der Waals surface area contributed by atoms with Crippen molar-refractivity contribution in [2.75, 3.05) is 11.9 Å². The summed E-state index contributed by atoms with van der Waals surface area (Å²) in [7, 11) is 0. The van der Waals surface area contributed by atoms with E-state index in [0.717, 1.165) is 5.56 Å². The molecule has 1 aromatic rings. The minimum absolute atomic E-state index is 0.0181. The molecule has 1 aromatic carbocycles. The molecule has 80 valence electrons. The molecule has 3 nitrogen and oxygen atoms in total. The number of rotatable bonds is 0. The lowest BCUT2D eigenvalue weighted by molar-refractivity contribution is -0.119. The lowest BCUT2D eigenvalue weighted by atomic mass is 10.2. The Bertz CT molecular complexity index is 417. The molecule has 1 heterocycles. The summed E-state index contributed by atoms with van der Waals surface area (Å²) >= 11 is 5.98. The van der Waals surface area contributed by atoms with E-state index < -0.39 is 0 Å². The monoisotopic (exact) mass is 225 g/mol. The van der Waals surface area contributed by atoms with Crippen LogP contribution >= 0.6 is 11.6 Å². The Morgan fingerprint density at radius 3 is 3.00 bits per heavy atom. The van der Waals surface area contributed by atoms with Crippen molar-refractivity contribution in [2.45, 2.75) is 13.8 Å². The van der Waals surface area contributed by atoms with E-state index in [1.165, 1.54) is 0 Å². The summed E-state index contributed by atoms with van der Waals surface area (Å²) in [5.74, 6) is 0.482. The number of hydrogen-bond donors (Lipinski definition) is 1. The molecule has 15 heavy (non-hydrogen) atoms. The molecule has 1 N–H and O–H groups in total. The van der Waals surface area contributed by atoms with Gasteiger partial charge in [0.1, 0.15) is 5.75 Å². The van der Waals surface area contributed by atoms with Crippen LogP contribution in [0.4, 0.5) is 5.69 Å². The van der Waals surface area contributed by atoms with Crippen molar-refractivity contribution in [1.82, 2.24) is 0 Å². The van der Waals surface area contributed by atoms with Crippen molar-refractivity contribution in [1.29, 1.82) is 0 Å². The third kappa shape index (κ3) is 1.92. The molecule has 0 radical (unpaired) electrons. The smallest absolute Gasteiger partial charge is 0.230 e. The minimum atomic E-state index is -0.142. The van der Waals surface area contributed by atoms with Crippen molar-refractivity contribution >= 4 is 23.2 Å². The lowest BCUT2D eigenvalue weighted by Crippen LogP contribution is -2.22. The molecule has 4 heteroatoms. The summed E-state index contributed by atoms with van der Waals surface area (Å²) in [4.78, 5) is 11.5. The Morgan fingerprint density at radius 1 is 1.53 bits per heavy atom. The predicted octanol–water partition coefficient (Wildman–Crippen LogP) is 2.62. The van der Waals surface area contributed by atoms with Crippen LogP contribution in [0.15, 0.2) is 12.1 Å². The number of carbonyl (C=O) groups excluding carboxylic acids is 1. The average molecular weight is 226 g/mol. The van der Waals surface area contributed by atoms with Crippen LogP contribution < -0.4 is 10.1 Å². The number of anilines is 1. The van der Waals surface area contributed by atoms with Gasteiger partial charge in [-0.2, -0.15) is 0 Å². The van der Waals surface area contributed by atoms with E-state index in [9.17, 15) is 4.79 Å². The lowest BCUT2D eigenvalue weighted by Gasteiger charge is -2.08. The zero-order valence-electron chi connectivity index (χ0n) is 8.63. The normalized spacial score (nSPS) is 19.9. The molecule has 0 bridgehead atoms. The number of benzene rings is 1. The zero-order valence-corrected chi connectivity index (χ0v) is 9.39. The summed E-state index contributed by atoms with van der Waals surface area (Å²) < 4.78 is 5.50. The molecule has 0 aromatic heterocycles. The van der Waals surface area contributed by atoms with Gasteiger partial charge < -0.3 is 10.1 Å². The summed E-state index contributed by atoms with van der Waals surface area (Å²) in [6.45, 7) is 4.11. The highest BCUT2D eigenvalue weighted by atomic mass is 35.5. The molecule has 0 saturated heterocycles. The van der Waals surface area contributed by atoms with Crippen LogP contribution in [-0.2, 0) is 4.79 Å². The second-order valence-electron chi connectivity index (χ2n) is 3.80. The maximum atomic E-state index is 11.5. The Kier molecular flexibility index (Phi) is 2.57. The molecule has 1 unspecified atom stereocenters. The van der Waals surface area contributed by atoms with Gasteiger partial charge in [-0.25, -0.2) is 0 Å². The van der Waals surface area contributed by atoms with E-state index in [4.69, 9.17) is 16.3 Å². The summed E-state index contributed by atoms with van der Waals surface area (Å²) in [6, 6.07) is 3.57. The molecule has 1 aliphatic heterocycles. The molecule has 0 fully saturated rings. The van der Waals surface area contributed by atoms with Crippen LogP contribution in [-0.4, -0.2) is 12.5 Å². The van der Waals surface area contributed by atoms with Gasteiger partial charge in [0.25, 0.3) is 0 Å². The van der Waals surface area contributed by atoms with Gasteiger partial charge in [-0.3, -0.25) is 4.79 Å². The van der Waals surface area contributed by atoms with Crippen molar-refractivity contribution in [3.05, 3.63) is 22.7 Å². The number of carbonyl (C=O) groups is 1. The number of nitrogens with one attached hydrogen (secondary N) is 1. The van der Waals surface area contributed by atoms with E-state index in [1.807, 2.05) is 19.9 Å². The highest BCUT2D eigenvalue weighted by Gasteiger charge is 2.21. The first-order valence-electron chi connectivity index (χ1n) is 4.81. The van der Waals surface area contributed by atoms with E-state index in [1.54, 1.807) is 6.07 Å². The first kappa shape index (κ1) is 10.3. The van der Waals surface area contributed by atoms with Gasteiger partial charge >= 0.3 is 0 Å². The van der Waals surface area contributed by atoms with Gasteiger partial charge in [-0.15, -0.1) is 0 Å². The highest BCUT2D eigenvalue weighted by Crippen LogP contribution is 2.33. The quantitative estimate of drug-likeness (QED) is 0.737. The molecule has 0 saturated carbocycles. The van der Waals surface area contributed by atoms with Crippen LogP contribution in [0.25, 0.3) is 0 Å². The van der Waals surface area contributed by atoms with Gasteiger partial charge in [0.2, 0.25) is 5.91 Å². The van der Waals surface area contributed by atoms with Crippen LogP contribution in [0.1, 0.15) is 12.5 Å². The summed E-state index contributed by atoms with van der Waals surface area (Å²) in [5, 5.41) is 3.47. The van der Waals surface area contributed by atoms with Crippen molar-refractivity contribution in [3.8, 4) is 5.75 Å². The fourth-order valence-electron chi connectivity index (χ4n) is 1.43. The second kappa shape index (κ2) is 3.74. The molecule has 0 spiro atoms. The summed E-state index contributed by atoms with van der Waals surface area (Å²) in [6.07, 6.45) is 0. The van der Waals surface area contributed by atoms with Gasteiger partial charge in [0.15, 0.2) is 0 Å². The Labute approximate surface area is 93.4 Å². The molecule has 1 amide bonds. The fourth-order valence-corrected chi connectivity index (χ4v) is 1.58. The zero-order chi connectivity index (χ0) is 11.0. The van der Waals surface area contributed by atoms with Crippen LogP contribution in [0.2, 0.25) is 5.02 Å². The van der Waals surface area contributed by atoms with E-state index in [2.05, 4.69) is 5.32 Å². The van der Waals surface area contributed by atoms with Gasteiger partial charge in [-0.1, -0.05) is 18.5 Å². The molecular weight excluding hydrogens is 214 g/mol. The topological polar surface area (TPSA) is 38.3 Å². The molecule has 1 atom stereocenters. The number of ether oxygens (including phenoxy) is 1. The van der Waals surface area contributed by atoms with E-state index >= 15 is 0 Å². The Balaban J connectivity index is 2.43. The SMILES string of the molecule is Cc1cc2c(cc1Cl)OCC(C)C(=O)N2. The number of hydrogen-bond acceptors (Lipinski definition) is 2. The number of amides is 1. The third-order valence-electron chi connectivity index (χ3n) is 2.46. The van der Waals surface area contributed by atoms with Gasteiger partial charge in [0, 0.05) is 11.1 Å². The first-order valence-corrected chi connectivity index (χ1v) is 5.19. The number of fused-ring (bicyclic) bond motifs is 1. The first-order chi connectivity index (χ1) is 7.08. The Morgan fingerprint density at radius 2 is 2.27 bits per heavy atom. The molecular formula is C11H12ClNO2. The largest absolute Gasteiger partial charge is 0.491 e. The van der Waals surface area contributed by atoms with Crippen molar-refractivity contribution < 1.29 is 9.53 Å². The standard InChI is InChI=1S/C11H12ClNO2/c1-6-3-9-10(4-8(6)12)15-5-7(2)11(14)13-9/h3-4,7H,5H2,1-2H3,(H,13,14). The molecule has 2 rings (SSSR count). The van der Waals surface area contributed by atoms with E-state index in [-0.39, 0.29) is 11.8 Å². The molecule has 1 aliphatic rings. The minimum Gasteiger partial charge on any atom is -0.491 e. The highest BCUT2D eigenvalue weighted by molar-refractivity contribution is 6.31. The van der Waals surface area contributed by atoms with Crippen LogP contribution in [0, 0.1) is 12.8 Å². The predicted molar refractivity (Wildman–Crippen MR) is 59.5 cm³/mol. The van der Waals surface area contributed by atoms with Crippen LogP contribution in [0.5, 0.6) is 5.75 Å². The van der Waals surface area contributed by atoms with Crippen LogP contribution in [0.3, 0.4) is 0 Å². The van der Waals surface area contributed by atoms with E-state index in [0.29, 0.717) is 23.1 Å². The Hall–Kier alpha value is -1.22. The van der Waals surface area contributed by atoms with Gasteiger partial charge in [0.05, 0.1) is 18.2 Å². The third-order valence-corrected chi connectivity index (χ3v) is 2.86. The molecule has 0 aliphatic carbocycles. The maximum absolute atomic E-state index is 11.5. The average Bonchev–Trinajstić information content (AvgIpc) is 2.31. The van der Waals surface area contributed by atoms with Gasteiger partial charge in [-0.05, 0) is 18.6 Å². The second-order valence-corrected chi connectivity index (χ2v) is 4.21. The fraction of sp³-hybridized carbons (Fsp3) is 0.364. The number of aryl methyl sites for hydroxylation is 1.